The summed E-state index contributed by atoms with van der Waals surface area (Å²) in [7, 11) is -3.70. The van der Waals surface area contributed by atoms with E-state index in [-0.39, 0.29) is 10.8 Å². The summed E-state index contributed by atoms with van der Waals surface area (Å²) in [5.74, 6) is -0.0545. The van der Waals surface area contributed by atoms with Crippen molar-refractivity contribution in [1.29, 1.82) is 0 Å². The molecule has 0 bridgehead atoms. The molecule has 7 nitrogen and oxygen atoms in total. The van der Waals surface area contributed by atoms with Crippen LogP contribution in [-0.4, -0.2) is 76.1 Å². The van der Waals surface area contributed by atoms with Crippen LogP contribution in [0.3, 0.4) is 0 Å². The molecule has 8 heteroatoms. The van der Waals surface area contributed by atoms with E-state index in [0.29, 0.717) is 37.0 Å². The zero-order valence-electron chi connectivity index (χ0n) is 18.5. The molecule has 172 valence electrons. The summed E-state index contributed by atoms with van der Waals surface area (Å²) >= 11 is 0. The first-order chi connectivity index (χ1) is 15.5. The molecule has 0 saturated carbocycles. The minimum atomic E-state index is -3.70. The first kappa shape index (κ1) is 22.8. The third-order valence-corrected chi connectivity index (χ3v) is 8.08. The number of ether oxygens (including phenoxy) is 1. The first-order valence-corrected chi connectivity index (χ1v) is 12.7. The van der Waals surface area contributed by atoms with Crippen LogP contribution < -0.4 is 4.31 Å². The monoisotopic (exact) mass is 457 g/mol. The second-order valence-electron chi connectivity index (χ2n) is 8.26. The van der Waals surface area contributed by atoms with Crippen LogP contribution in [0.4, 0.5) is 5.69 Å². The zero-order chi connectivity index (χ0) is 22.6. The smallest absolute Gasteiger partial charge is 0.264 e. The molecule has 4 rings (SSSR count). The molecule has 2 heterocycles. The van der Waals surface area contributed by atoms with Crippen LogP contribution >= 0.6 is 0 Å². The van der Waals surface area contributed by atoms with Crippen molar-refractivity contribution in [2.24, 2.45) is 0 Å². The molecule has 2 saturated heterocycles. The van der Waals surface area contributed by atoms with Gasteiger partial charge in [-0.25, -0.2) is 8.42 Å². The molecule has 32 heavy (non-hydrogen) atoms. The highest BCUT2D eigenvalue weighted by Gasteiger charge is 2.27. The molecule has 0 radical (unpaired) electrons. The number of hydrogen-bond donors (Lipinski definition) is 0. The van der Waals surface area contributed by atoms with Crippen LogP contribution in [0.5, 0.6) is 0 Å². The van der Waals surface area contributed by atoms with Gasteiger partial charge in [0.15, 0.2) is 0 Å². The molecule has 2 fully saturated rings. The summed E-state index contributed by atoms with van der Waals surface area (Å²) in [5, 5.41) is 0. The lowest BCUT2D eigenvalue weighted by molar-refractivity contribution is 0.0432. The maximum absolute atomic E-state index is 13.1. The summed E-state index contributed by atoms with van der Waals surface area (Å²) < 4.78 is 33.4. The Kier molecular flexibility index (Phi) is 7.13. The highest BCUT2D eigenvalue weighted by molar-refractivity contribution is 7.92. The predicted octanol–water partition coefficient (Wildman–Crippen LogP) is 2.84. The van der Waals surface area contributed by atoms with Crippen molar-refractivity contribution in [1.82, 2.24) is 9.80 Å². The first-order valence-electron chi connectivity index (χ1n) is 11.3. The van der Waals surface area contributed by atoms with Crippen LogP contribution in [0.2, 0.25) is 0 Å². The number of hydrogen-bond acceptors (Lipinski definition) is 5. The summed E-state index contributed by atoms with van der Waals surface area (Å²) in [4.78, 5) is 17.3. The fraction of sp³-hybridized carbons (Fsp3) is 0.458. The number of para-hydroxylation sites is 1. The third kappa shape index (κ3) is 4.98. The van der Waals surface area contributed by atoms with Crippen molar-refractivity contribution in [3.05, 3.63) is 60.2 Å². The predicted molar refractivity (Wildman–Crippen MR) is 124 cm³/mol. The highest BCUT2D eigenvalue weighted by Crippen LogP contribution is 2.24. The maximum Gasteiger partial charge on any atom is 0.264 e. The van der Waals surface area contributed by atoms with Crippen LogP contribution in [0, 0.1) is 0 Å². The number of piperazine rings is 1. The molecule has 1 amide bonds. The van der Waals surface area contributed by atoms with Crippen LogP contribution in [-0.2, 0) is 14.8 Å². The largest absolute Gasteiger partial charge is 0.377 e. The highest BCUT2D eigenvalue weighted by atomic mass is 32.2. The van der Waals surface area contributed by atoms with Crippen molar-refractivity contribution in [2.75, 3.05) is 50.2 Å². The molecule has 0 N–H and O–H groups in total. The molecule has 2 aliphatic heterocycles. The van der Waals surface area contributed by atoms with Gasteiger partial charge in [-0.1, -0.05) is 18.2 Å². The molecular weight excluding hydrogens is 426 g/mol. The number of benzene rings is 2. The number of carbonyl (C=O) groups excluding carboxylic acids is 1. The SMILES string of the molecule is CCN(c1ccccc1)S(=O)(=O)c1ccc(C(=O)N2CCN(CC3CCCO3)CC2)cc1. The van der Waals surface area contributed by atoms with E-state index in [1.54, 1.807) is 31.2 Å². The van der Waals surface area contributed by atoms with E-state index in [2.05, 4.69) is 4.90 Å². The minimum Gasteiger partial charge on any atom is -0.377 e. The number of anilines is 1. The van der Waals surface area contributed by atoms with Crippen molar-refractivity contribution >= 4 is 21.6 Å². The van der Waals surface area contributed by atoms with Gasteiger partial charge < -0.3 is 9.64 Å². The molecule has 1 atom stereocenters. The van der Waals surface area contributed by atoms with Gasteiger partial charge in [-0.05, 0) is 56.2 Å². The van der Waals surface area contributed by atoms with E-state index < -0.39 is 10.0 Å². The van der Waals surface area contributed by atoms with E-state index in [1.165, 1.54) is 16.4 Å². The number of nitrogens with zero attached hydrogens (tertiary/aromatic N) is 3. The normalized spacial score (nSPS) is 19.8. The topological polar surface area (TPSA) is 70.2 Å². The Morgan fingerprint density at radius 2 is 1.72 bits per heavy atom. The van der Waals surface area contributed by atoms with Gasteiger partial charge in [-0.15, -0.1) is 0 Å². The Bertz CT molecular complexity index is 997. The van der Waals surface area contributed by atoms with Gasteiger partial charge in [0, 0.05) is 51.4 Å². The van der Waals surface area contributed by atoms with Gasteiger partial charge in [0.1, 0.15) is 0 Å². The van der Waals surface area contributed by atoms with Gasteiger partial charge >= 0.3 is 0 Å². The quantitative estimate of drug-likeness (QED) is 0.640. The number of amides is 1. The molecule has 2 aromatic carbocycles. The maximum atomic E-state index is 13.1. The number of carbonyl (C=O) groups is 1. The Labute approximate surface area is 190 Å². The van der Waals surface area contributed by atoms with Gasteiger partial charge in [0.25, 0.3) is 15.9 Å². The second-order valence-corrected chi connectivity index (χ2v) is 10.1. The molecule has 0 spiro atoms. The van der Waals surface area contributed by atoms with Crippen molar-refractivity contribution < 1.29 is 17.9 Å². The van der Waals surface area contributed by atoms with Crippen molar-refractivity contribution in [3.8, 4) is 0 Å². The Hall–Kier alpha value is -2.42. The van der Waals surface area contributed by atoms with Crippen molar-refractivity contribution in [2.45, 2.75) is 30.8 Å². The molecule has 2 aromatic rings. The Morgan fingerprint density at radius 3 is 2.31 bits per heavy atom. The number of rotatable bonds is 7. The van der Waals surface area contributed by atoms with E-state index >= 15 is 0 Å². The second kappa shape index (κ2) is 10.0. The van der Waals surface area contributed by atoms with Crippen LogP contribution in [0.1, 0.15) is 30.1 Å². The third-order valence-electron chi connectivity index (χ3n) is 6.17. The van der Waals surface area contributed by atoms with E-state index in [1.807, 2.05) is 23.1 Å². The molecule has 1 unspecified atom stereocenters. The van der Waals surface area contributed by atoms with Gasteiger partial charge in [-0.3, -0.25) is 14.0 Å². The lowest BCUT2D eigenvalue weighted by Gasteiger charge is -2.35. The molecule has 0 aromatic heterocycles. The summed E-state index contributed by atoms with van der Waals surface area (Å²) in [6, 6.07) is 15.3. The van der Waals surface area contributed by atoms with Gasteiger partial charge in [0.2, 0.25) is 0 Å². The molecule has 2 aliphatic rings. The van der Waals surface area contributed by atoms with E-state index in [0.717, 1.165) is 39.1 Å². The van der Waals surface area contributed by atoms with Crippen molar-refractivity contribution in [3.63, 3.8) is 0 Å². The Balaban J connectivity index is 1.39. The fourth-order valence-corrected chi connectivity index (χ4v) is 5.85. The standard InChI is InChI=1S/C24H31N3O4S/c1-2-27(21-7-4-3-5-8-21)32(29,30)23-12-10-20(11-13-23)24(28)26-16-14-25(15-17-26)19-22-9-6-18-31-22/h3-5,7-8,10-13,22H,2,6,9,14-19H2,1H3. The van der Waals surface area contributed by atoms with Gasteiger partial charge in [0.05, 0.1) is 16.7 Å². The molecule has 0 aliphatic carbocycles. The van der Waals surface area contributed by atoms with Crippen LogP contribution in [0.15, 0.2) is 59.5 Å². The Morgan fingerprint density at radius 1 is 1.03 bits per heavy atom. The van der Waals surface area contributed by atoms with E-state index in [4.69, 9.17) is 4.74 Å². The van der Waals surface area contributed by atoms with E-state index in [9.17, 15) is 13.2 Å². The number of sulfonamides is 1. The lowest BCUT2D eigenvalue weighted by Crippen LogP contribution is -2.50. The summed E-state index contributed by atoms with van der Waals surface area (Å²) in [5.41, 5.74) is 1.13. The average molecular weight is 458 g/mol. The minimum absolute atomic E-state index is 0.0545. The summed E-state index contributed by atoms with van der Waals surface area (Å²) in [6.45, 7) is 6.93. The zero-order valence-corrected chi connectivity index (χ0v) is 19.3. The average Bonchev–Trinajstić information content (AvgIpc) is 3.33. The summed E-state index contributed by atoms with van der Waals surface area (Å²) in [6.07, 6.45) is 2.58. The molecular formula is C24H31N3O4S. The van der Waals surface area contributed by atoms with Gasteiger partial charge in [-0.2, -0.15) is 0 Å². The van der Waals surface area contributed by atoms with Crippen LogP contribution in [0.25, 0.3) is 0 Å². The fourth-order valence-electron chi connectivity index (χ4n) is 4.37. The lowest BCUT2D eigenvalue weighted by atomic mass is 10.1.